The van der Waals surface area contributed by atoms with Crippen LogP contribution in [0.4, 0.5) is 0 Å². The van der Waals surface area contributed by atoms with Crippen molar-refractivity contribution in [2.75, 3.05) is 14.2 Å². The van der Waals surface area contributed by atoms with Gasteiger partial charge in [0.2, 0.25) is 0 Å². The van der Waals surface area contributed by atoms with E-state index in [9.17, 15) is 13.2 Å². The van der Waals surface area contributed by atoms with E-state index in [-0.39, 0.29) is 17.3 Å². The third-order valence-electron chi connectivity index (χ3n) is 2.77. The molecule has 0 radical (unpaired) electrons. The van der Waals surface area contributed by atoms with Gasteiger partial charge < -0.3 is 13.9 Å². The zero-order chi connectivity index (χ0) is 16.2. The van der Waals surface area contributed by atoms with Gasteiger partial charge in [0.05, 0.1) is 12.0 Å². The molecule has 0 spiro atoms. The van der Waals surface area contributed by atoms with E-state index in [0.717, 1.165) is 0 Å². The van der Waals surface area contributed by atoms with Crippen LogP contribution in [0, 0.1) is 0 Å². The molecule has 0 saturated heterocycles. The van der Waals surface area contributed by atoms with Gasteiger partial charge in [-0.1, -0.05) is 0 Å². The van der Waals surface area contributed by atoms with E-state index in [1.54, 1.807) is 6.07 Å². The Hall–Kier alpha value is -2.32. The third-order valence-corrected chi connectivity index (χ3v) is 4.12. The highest BCUT2D eigenvalue weighted by molar-refractivity contribution is 7.90. The smallest absolute Gasteiger partial charge is 0.300 e. The number of sulfonamides is 1. The molecule has 1 heterocycles. The van der Waals surface area contributed by atoms with Crippen LogP contribution in [0.25, 0.3) is 0 Å². The van der Waals surface area contributed by atoms with Gasteiger partial charge in [0, 0.05) is 7.11 Å². The number of carbonyl (C=O) groups excluding carboxylic acids is 1. The molecule has 0 fully saturated rings. The first-order valence-electron chi connectivity index (χ1n) is 6.25. The topological polar surface area (TPSA) is 94.8 Å². The van der Waals surface area contributed by atoms with Gasteiger partial charge in [-0.15, -0.1) is 0 Å². The largest absolute Gasteiger partial charge is 0.497 e. The van der Waals surface area contributed by atoms with Gasteiger partial charge in [-0.2, -0.15) is 0 Å². The lowest BCUT2D eigenvalue weighted by molar-refractivity contribution is 0.0945. The number of furan rings is 1. The third kappa shape index (κ3) is 3.66. The van der Waals surface area contributed by atoms with Crippen LogP contribution >= 0.6 is 0 Å². The first-order chi connectivity index (χ1) is 10.5. The first-order valence-corrected chi connectivity index (χ1v) is 7.73. The molecule has 1 amide bonds. The maximum atomic E-state index is 12.1. The van der Waals surface area contributed by atoms with Gasteiger partial charge in [0.15, 0.2) is 5.76 Å². The van der Waals surface area contributed by atoms with Crippen LogP contribution in [0.15, 0.2) is 45.7 Å². The standard InChI is InChI=1S/C14H15NO6S/c1-19-9-11-5-8-13(21-11)14(16)15-22(17,18)12-6-3-10(20-2)4-7-12/h3-8H,9H2,1-2H3,(H,15,16). The Kier molecular flexibility index (Phi) is 4.84. The molecule has 1 aromatic heterocycles. The van der Waals surface area contributed by atoms with Crippen molar-refractivity contribution in [3.8, 4) is 5.75 Å². The summed E-state index contributed by atoms with van der Waals surface area (Å²) in [5.41, 5.74) is 0. The molecule has 1 aromatic carbocycles. The number of hydrogen-bond donors (Lipinski definition) is 1. The molecule has 22 heavy (non-hydrogen) atoms. The second-order valence-corrected chi connectivity index (χ2v) is 5.99. The number of ether oxygens (including phenoxy) is 2. The van der Waals surface area contributed by atoms with E-state index in [4.69, 9.17) is 13.9 Å². The molecule has 0 aliphatic rings. The van der Waals surface area contributed by atoms with Crippen LogP contribution in [0.2, 0.25) is 0 Å². The van der Waals surface area contributed by atoms with Gasteiger partial charge in [-0.05, 0) is 36.4 Å². The summed E-state index contributed by atoms with van der Waals surface area (Å²) in [6, 6.07) is 8.58. The summed E-state index contributed by atoms with van der Waals surface area (Å²) in [6.45, 7) is 0.193. The Morgan fingerprint density at radius 1 is 1.14 bits per heavy atom. The number of methoxy groups -OCH3 is 2. The average molecular weight is 325 g/mol. The summed E-state index contributed by atoms with van der Waals surface area (Å²) in [5.74, 6) is -0.0164. The van der Waals surface area contributed by atoms with E-state index in [2.05, 4.69) is 0 Å². The van der Waals surface area contributed by atoms with Crippen molar-refractivity contribution in [2.24, 2.45) is 0 Å². The van der Waals surface area contributed by atoms with Crippen molar-refractivity contribution >= 4 is 15.9 Å². The first kappa shape index (κ1) is 16.1. The van der Waals surface area contributed by atoms with Crippen molar-refractivity contribution in [1.29, 1.82) is 0 Å². The quantitative estimate of drug-likeness (QED) is 0.866. The van der Waals surface area contributed by atoms with Crippen LogP contribution in [0.5, 0.6) is 5.75 Å². The summed E-state index contributed by atoms with van der Waals surface area (Å²) < 4.78 is 41.1. The molecule has 2 rings (SSSR count). The predicted molar refractivity (Wildman–Crippen MR) is 77.1 cm³/mol. The summed E-state index contributed by atoms with van der Waals surface area (Å²) in [5, 5.41) is 0. The molecule has 0 aliphatic heterocycles. The lowest BCUT2D eigenvalue weighted by Gasteiger charge is -2.06. The summed E-state index contributed by atoms with van der Waals surface area (Å²) >= 11 is 0. The van der Waals surface area contributed by atoms with Crippen molar-refractivity contribution < 1.29 is 27.1 Å². The van der Waals surface area contributed by atoms with Gasteiger partial charge in [-0.3, -0.25) is 4.79 Å². The second-order valence-electron chi connectivity index (χ2n) is 4.31. The molecular weight excluding hydrogens is 310 g/mol. The minimum absolute atomic E-state index is 0.0506. The van der Waals surface area contributed by atoms with Gasteiger partial charge in [-0.25, -0.2) is 13.1 Å². The number of rotatable bonds is 6. The van der Waals surface area contributed by atoms with Crippen molar-refractivity contribution in [3.05, 3.63) is 47.9 Å². The van der Waals surface area contributed by atoms with Crippen LogP contribution in [-0.4, -0.2) is 28.5 Å². The molecule has 8 heteroatoms. The number of carbonyl (C=O) groups is 1. The summed E-state index contributed by atoms with van der Waals surface area (Å²) in [4.78, 5) is 11.9. The lowest BCUT2D eigenvalue weighted by atomic mass is 10.3. The van der Waals surface area contributed by atoms with Crippen molar-refractivity contribution in [3.63, 3.8) is 0 Å². The average Bonchev–Trinajstić information content (AvgIpc) is 2.96. The Labute approximate surface area is 127 Å². The van der Waals surface area contributed by atoms with E-state index in [1.807, 2.05) is 4.72 Å². The number of benzene rings is 1. The minimum Gasteiger partial charge on any atom is -0.497 e. The normalized spacial score (nSPS) is 11.2. The zero-order valence-electron chi connectivity index (χ0n) is 12.0. The molecule has 2 aromatic rings. The zero-order valence-corrected chi connectivity index (χ0v) is 12.8. The molecule has 7 nitrogen and oxygen atoms in total. The molecule has 118 valence electrons. The van der Waals surface area contributed by atoms with E-state index in [1.165, 1.54) is 44.6 Å². The second kappa shape index (κ2) is 6.63. The van der Waals surface area contributed by atoms with Crippen LogP contribution in [-0.2, 0) is 21.4 Å². The SMILES string of the molecule is COCc1ccc(C(=O)NS(=O)(=O)c2ccc(OC)cc2)o1. The van der Waals surface area contributed by atoms with Crippen LogP contribution in [0.3, 0.4) is 0 Å². The maximum Gasteiger partial charge on any atom is 0.300 e. The fourth-order valence-corrected chi connectivity index (χ4v) is 2.66. The van der Waals surface area contributed by atoms with Gasteiger partial charge in [0.25, 0.3) is 10.0 Å². The molecule has 0 saturated carbocycles. The highest BCUT2D eigenvalue weighted by Gasteiger charge is 2.21. The van der Waals surface area contributed by atoms with Gasteiger partial charge in [0.1, 0.15) is 18.1 Å². The number of amides is 1. The monoisotopic (exact) mass is 325 g/mol. The Morgan fingerprint density at radius 3 is 2.41 bits per heavy atom. The van der Waals surface area contributed by atoms with Crippen LogP contribution in [0.1, 0.15) is 16.3 Å². The molecule has 1 N–H and O–H groups in total. The van der Waals surface area contributed by atoms with Crippen LogP contribution < -0.4 is 9.46 Å². The highest BCUT2D eigenvalue weighted by atomic mass is 32.2. The molecular formula is C14H15NO6S. The van der Waals surface area contributed by atoms with E-state index >= 15 is 0 Å². The fraction of sp³-hybridized carbons (Fsp3) is 0.214. The van der Waals surface area contributed by atoms with Crippen molar-refractivity contribution in [2.45, 2.75) is 11.5 Å². The minimum atomic E-state index is -3.98. The van der Waals surface area contributed by atoms with Crippen molar-refractivity contribution in [1.82, 2.24) is 4.72 Å². The molecule has 0 unspecified atom stereocenters. The lowest BCUT2D eigenvalue weighted by Crippen LogP contribution is -2.30. The molecule has 0 aliphatic carbocycles. The summed E-state index contributed by atoms with van der Waals surface area (Å²) in [7, 11) is -1.03. The Bertz CT molecular complexity index is 748. The Balaban J connectivity index is 2.14. The maximum absolute atomic E-state index is 12.1. The molecule has 0 bridgehead atoms. The fourth-order valence-electron chi connectivity index (χ4n) is 1.71. The molecule has 0 atom stereocenters. The number of hydrogen-bond acceptors (Lipinski definition) is 6. The Morgan fingerprint density at radius 2 is 1.82 bits per heavy atom. The highest BCUT2D eigenvalue weighted by Crippen LogP contribution is 2.16. The predicted octanol–water partition coefficient (Wildman–Crippen LogP) is 1.55. The number of nitrogens with one attached hydrogen (secondary N) is 1. The van der Waals surface area contributed by atoms with Gasteiger partial charge >= 0.3 is 5.91 Å². The van der Waals surface area contributed by atoms with E-state index < -0.39 is 15.9 Å². The van der Waals surface area contributed by atoms with E-state index in [0.29, 0.717) is 11.5 Å². The summed E-state index contributed by atoms with van der Waals surface area (Å²) in [6.07, 6.45) is 0.